The van der Waals surface area contributed by atoms with Crippen molar-refractivity contribution >= 4 is 5.69 Å². The van der Waals surface area contributed by atoms with Crippen molar-refractivity contribution in [3.05, 3.63) is 54.6 Å². The number of nitrogens with two attached hydrogens (primary N) is 1. The lowest BCUT2D eigenvalue weighted by Crippen LogP contribution is -2.32. The minimum atomic E-state index is 0.411. The summed E-state index contributed by atoms with van der Waals surface area (Å²) in [5.41, 5.74) is 9.69. The molecular weight excluding hydrogens is 244 g/mol. The first-order valence-corrected chi connectivity index (χ1v) is 7.49. The molecule has 0 radical (unpaired) electrons. The molecule has 0 amide bonds. The highest BCUT2D eigenvalue weighted by molar-refractivity contribution is 5.65. The Balaban J connectivity index is 1.65. The Morgan fingerprint density at radius 3 is 2.00 bits per heavy atom. The Kier molecular flexibility index (Phi) is 4.03. The molecule has 0 aromatic heterocycles. The fraction of sp³-hybridized carbons (Fsp3) is 0.333. The van der Waals surface area contributed by atoms with E-state index in [0.717, 1.165) is 12.8 Å². The van der Waals surface area contributed by atoms with Crippen molar-refractivity contribution in [1.29, 1.82) is 0 Å². The molecule has 0 unspecified atom stereocenters. The van der Waals surface area contributed by atoms with Crippen LogP contribution >= 0.6 is 0 Å². The average Bonchev–Trinajstić information content (AvgIpc) is 2.51. The SMILES string of the molecule is NC1CCC(Nc2ccc(-c3ccccc3)cc2)CC1. The lowest BCUT2D eigenvalue weighted by atomic mass is 9.91. The van der Waals surface area contributed by atoms with E-state index < -0.39 is 0 Å². The van der Waals surface area contributed by atoms with Crippen molar-refractivity contribution in [3.63, 3.8) is 0 Å². The lowest BCUT2D eigenvalue weighted by Gasteiger charge is -2.27. The van der Waals surface area contributed by atoms with Crippen molar-refractivity contribution < 1.29 is 0 Å². The summed E-state index contributed by atoms with van der Waals surface area (Å²) >= 11 is 0. The number of anilines is 1. The van der Waals surface area contributed by atoms with Crippen LogP contribution in [0, 0.1) is 0 Å². The van der Waals surface area contributed by atoms with E-state index in [-0.39, 0.29) is 0 Å². The molecule has 0 saturated heterocycles. The van der Waals surface area contributed by atoms with E-state index in [9.17, 15) is 0 Å². The van der Waals surface area contributed by atoms with Gasteiger partial charge in [-0.3, -0.25) is 0 Å². The van der Waals surface area contributed by atoms with Gasteiger partial charge in [0.1, 0.15) is 0 Å². The molecule has 2 nitrogen and oxygen atoms in total. The van der Waals surface area contributed by atoms with Gasteiger partial charge >= 0.3 is 0 Å². The summed E-state index contributed by atoms with van der Waals surface area (Å²) in [6.45, 7) is 0. The zero-order valence-electron chi connectivity index (χ0n) is 11.8. The highest BCUT2D eigenvalue weighted by Gasteiger charge is 2.17. The first-order valence-electron chi connectivity index (χ1n) is 7.49. The quantitative estimate of drug-likeness (QED) is 0.880. The van der Waals surface area contributed by atoms with Crippen LogP contribution in [0.3, 0.4) is 0 Å². The van der Waals surface area contributed by atoms with Crippen LogP contribution in [0.4, 0.5) is 5.69 Å². The summed E-state index contributed by atoms with van der Waals surface area (Å²) < 4.78 is 0. The first-order chi connectivity index (χ1) is 9.81. The molecule has 1 aliphatic rings. The molecule has 2 aromatic carbocycles. The zero-order chi connectivity index (χ0) is 13.8. The minimum absolute atomic E-state index is 0.411. The Hall–Kier alpha value is -1.80. The summed E-state index contributed by atoms with van der Waals surface area (Å²) in [5.74, 6) is 0. The van der Waals surface area contributed by atoms with Gasteiger partial charge in [-0.25, -0.2) is 0 Å². The molecule has 2 aromatic rings. The largest absolute Gasteiger partial charge is 0.382 e. The molecule has 1 aliphatic carbocycles. The van der Waals surface area contributed by atoms with Gasteiger partial charge in [0.05, 0.1) is 0 Å². The topological polar surface area (TPSA) is 38.0 Å². The van der Waals surface area contributed by atoms with Crippen molar-refractivity contribution in [2.24, 2.45) is 5.73 Å². The predicted octanol–water partition coefficient (Wildman–Crippen LogP) is 4.04. The summed E-state index contributed by atoms with van der Waals surface area (Å²) in [4.78, 5) is 0. The second-order valence-corrected chi connectivity index (χ2v) is 5.70. The third kappa shape index (κ3) is 3.20. The number of hydrogen-bond acceptors (Lipinski definition) is 2. The third-order valence-electron chi connectivity index (χ3n) is 4.13. The van der Waals surface area contributed by atoms with Crippen molar-refractivity contribution in [1.82, 2.24) is 0 Å². The summed E-state index contributed by atoms with van der Waals surface area (Å²) in [6, 6.07) is 20.2. The highest BCUT2D eigenvalue weighted by Crippen LogP contribution is 2.24. The molecule has 0 spiro atoms. The third-order valence-corrected chi connectivity index (χ3v) is 4.13. The molecule has 0 heterocycles. The fourth-order valence-electron chi connectivity index (χ4n) is 2.89. The molecule has 3 N–H and O–H groups in total. The Morgan fingerprint density at radius 2 is 1.35 bits per heavy atom. The summed E-state index contributed by atoms with van der Waals surface area (Å²) in [6.07, 6.45) is 4.64. The van der Waals surface area contributed by atoms with E-state index in [1.54, 1.807) is 0 Å². The van der Waals surface area contributed by atoms with Gasteiger partial charge in [-0.05, 0) is 48.9 Å². The van der Waals surface area contributed by atoms with E-state index in [1.165, 1.54) is 29.7 Å². The lowest BCUT2D eigenvalue weighted by molar-refractivity contribution is 0.411. The average molecular weight is 266 g/mol. The monoisotopic (exact) mass is 266 g/mol. The van der Waals surface area contributed by atoms with Crippen LogP contribution in [0.2, 0.25) is 0 Å². The molecule has 3 rings (SSSR count). The van der Waals surface area contributed by atoms with E-state index in [0.29, 0.717) is 12.1 Å². The van der Waals surface area contributed by atoms with Gasteiger partial charge in [-0.15, -0.1) is 0 Å². The van der Waals surface area contributed by atoms with Crippen LogP contribution in [0.1, 0.15) is 25.7 Å². The van der Waals surface area contributed by atoms with Gasteiger partial charge < -0.3 is 11.1 Å². The zero-order valence-corrected chi connectivity index (χ0v) is 11.8. The first kappa shape index (κ1) is 13.2. The van der Waals surface area contributed by atoms with Crippen molar-refractivity contribution in [2.45, 2.75) is 37.8 Å². The van der Waals surface area contributed by atoms with Gasteiger partial charge in [-0.2, -0.15) is 0 Å². The summed E-state index contributed by atoms with van der Waals surface area (Å²) in [7, 11) is 0. The van der Waals surface area contributed by atoms with Gasteiger partial charge in [0.25, 0.3) is 0 Å². The maximum absolute atomic E-state index is 5.95. The van der Waals surface area contributed by atoms with Crippen LogP contribution in [0.5, 0.6) is 0 Å². The standard InChI is InChI=1S/C18H22N2/c19-16-8-12-18(13-9-16)20-17-10-6-15(7-11-17)14-4-2-1-3-5-14/h1-7,10-11,16,18,20H,8-9,12-13,19H2. The van der Waals surface area contributed by atoms with Gasteiger partial charge in [0.15, 0.2) is 0 Å². The van der Waals surface area contributed by atoms with Crippen LogP contribution in [-0.2, 0) is 0 Å². The molecule has 1 fully saturated rings. The van der Waals surface area contributed by atoms with Gasteiger partial charge in [0, 0.05) is 17.8 Å². The molecule has 20 heavy (non-hydrogen) atoms. The van der Waals surface area contributed by atoms with E-state index in [1.807, 2.05) is 6.07 Å². The van der Waals surface area contributed by atoms with Crippen LogP contribution in [0.15, 0.2) is 54.6 Å². The second kappa shape index (κ2) is 6.10. The number of hydrogen-bond donors (Lipinski definition) is 2. The normalized spacial score (nSPS) is 22.4. The predicted molar refractivity (Wildman–Crippen MR) is 85.7 cm³/mol. The number of nitrogens with one attached hydrogen (secondary N) is 1. The van der Waals surface area contributed by atoms with Crippen molar-refractivity contribution in [2.75, 3.05) is 5.32 Å². The number of rotatable bonds is 3. The molecular formula is C18H22N2. The Morgan fingerprint density at radius 1 is 0.750 bits per heavy atom. The smallest absolute Gasteiger partial charge is 0.0342 e. The Labute approximate surface area is 121 Å². The van der Waals surface area contributed by atoms with Gasteiger partial charge in [0.2, 0.25) is 0 Å². The number of benzene rings is 2. The molecule has 2 heteroatoms. The molecule has 104 valence electrons. The fourth-order valence-corrected chi connectivity index (χ4v) is 2.89. The maximum Gasteiger partial charge on any atom is 0.0342 e. The van der Waals surface area contributed by atoms with Gasteiger partial charge in [-0.1, -0.05) is 42.5 Å². The van der Waals surface area contributed by atoms with Crippen LogP contribution in [-0.4, -0.2) is 12.1 Å². The molecule has 0 bridgehead atoms. The van der Waals surface area contributed by atoms with Crippen molar-refractivity contribution in [3.8, 4) is 11.1 Å². The molecule has 0 aliphatic heterocycles. The summed E-state index contributed by atoms with van der Waals surface area (Å²) in [5, 5.41) is 3.62. The van der Waals surface area contributed by atoms with E-state index in [4.69, 9.17) is 5.73 Å². The second-order valence-electron chi connectivity index (χ2n) is 5.70. The molecule has 1 saturated carbocycles. The van der Waals surface area contributed by atoms with Crippen LogP contribution < -0.4 is 11.1 Å². The van der Waals surface area contributed by atoms with E-state index >= 15 is 0 Å². The highest BCUT2D eigenvalue weighted by atomic mass is 14.9. The van der Waals surface area contributed by atoms with E-state index in [2.05, 4.69) is 53.8 Å². The Bertz CT molecular complexity index is 525. The van der Waals surface area contributed by atoms with Crippen LogP contribution in [0.25, 0.3) is 11.1 Å². The minimum Gasteiger partial charge on any atom is -0.382 e. The molecule has 0 atom stereocenters. The maximum atomic E-state index is 5.95.